The predicted molar refractivity (Wildman–Crippen MR) is 75.8 cm³/mol. The number of nitrogens with one attached hydrogen (secondary N) is 1. The van der Waals surface area contributed by atoms with Crippen LogP contribution in [0.4, 0.5) is 4.39 Å². The number of amides is 1. The van der Waals surface area contributed by atoms with Crippen molar-refractivity contribution in [3.8, 4) is 0 Å². The van der Waals surface area contributed by atoms with Crippen molar-refractivity contribution >= 4 is 22.8 Å². The third-order valence-corrected chi connectivity index (χ3v) is 2.99. The summed E-state index contributed by atoms with van der Waals surface area (Å²) < 4.78 is 14.3. The van der Waals surface area contributed by atoms with E-state index < -0.39 is 23.3 Å². The zero-order valence-electron chi connectivity index (χ0n) is 11.6. The first-order valence-corrected chi connectivity index (χ1v) is 6.60. The van der Waals surface area contributed by atoms with Gasteiger partial charge >= 0.3 is 5.97 Å². The molecule has 0 fully saturated rings. The molecule has 116 valence electrons. The SMILES string of the molecule is O=C(O)CCCNC(=O)Cn1cnc2ccc(F)cc2c1=O. The smallest absolute Gasteiger partial charge is 0.303 e. The van der Waals surface area contributed by atoms with Crippen LogP contribution in [0.1, 0.15) is 12.8 Å². The summed E-state index contributed by atoms with van der Waals surface area (Å²) in [5.41, 5.74) is -0.158. The second-order valence-electron chi connectivity index (χ2n) is 4.69. The summed E-state index contributed by atoms with van der Waals surface area (Å²) in [6.07, 6.45) is 1.48. The molecule has 0 aliphatic rings. The van der Waals surface area contributed by atoms with E-state index in [-0.39, 0.29) is 24.9 Å². The van der Waals surface area contributed by atoms with Crippen molar-refractivity contribution in [2.75, 3.05) is 6.54 Å². The topological polar surface area (TPSA) is 101 Å². The number of carboxylic acids is 1. The van der Waals surface area contributed by atoms with Crippen LogP contribution in [0.25, 0.3) is 10.9 Å². The summed E-state index contributed by atoms with van der Waals surface area (Å²) >= 11 is 0. The number of hydrogen-bond acceptors (Lipinski definition) is 4. The molecule has 0 bridgehead atoms. The Bertz CT molecular complexity index is 772. The number of carbonyl (C=O) groups excluding carboxylic acids is 1. The Labute approximate surface area is 124 Å². The van der Waals surface area contributed by atoms with Crippen molar-refractivity contribution < 1.29 is 19.1 Å². The van der Waals surface area contributed by atoms with Crippen LogP contribution in [0.5, 0.6) is 0 Å². The van der Waals surface area contributed by atoms with E-state index in [0.29, 0.717) is 11.9 Å². The third kappa shape index (κ3) is 3.87. The van der Waals surface area contributed by atoms with Crippen LogP contribution in [0.2, 0.25) is 0 Å². The van der Waals surface area contributed by atoms with Gasteiger partial charge in [-0.25, -0.2) is 9.37 Å². The molecule has 1 amide bonds. The van der Waals surface area contributed by atoms with Gasteiger partial charge in [-0.2, -0.15) is 0 Å². The quantitative estimate of drug-likeness (QED) is 0.758. The highest BCUT2D eigenvalue weighted by Gasteiger charge is 2.09. The predicted octanol–water partition coefficient (Wildman–Crippen LogP) is 0.517. The highest BCUT2D eigenvalue weighted by molar-refractivity contribution is 5.79. The molecule has 0 aliphatic carbocycles. The van der Waals surface area contributed by atoms with Gasteiger partial charge in [0.1, 0.15) is 12.4 Å². The van der Waals surface area contributed by atoms with Gasteiger partial charge in [0.15, 0.2) is 0 Å². The Balaban J connectivity index is 2.05. The molecular weight excluding hydrogens is 293 g/mol. The highest BCUT2D eigenvalue weighted by Crippen LogP contribution is 2.08. The van der Waals surface area contributed by atoms with Crippen molar-refractivity contribution in [1.29, 1.82) is 0 Å². The van der Waals surface area contributed by atoms with E-state index >= 15 is 0 Å². The first-order chi connectivity index (χ1) is 10.5. The van der Waals surface area contributed by atoms with Crippen LogP contribution in [0, 0.1) is 5.82 Å². The lowest BCUT2D eigenvalue weighted by atomic mass is 10.2. The maximum absolute atomic E-state index is 13.2. The fraction of sp³-hybridized carbons (Fsp3) is 0.286. The van der Waals surface area contributed by atoms with Gasteiger partial charge in [-0.1, -0.05) is 0 Å². The summed E-state index contributed by atoms with van der Waals surface area (Å²) in [5.74, 6) is -1.93. The van der Waals surface area contributed by atoms with Gasteiger partial charge in [-0.05, 0) is 24.6 Å². The van der Waals surface area contributed by atoms with E-state index in [2.05, 4.69) is 10.3 Å². The Morgan fingerprint density at radius 1 is 1.36 bits per heavy atom. The van der Waals surface area contributed by atoms with Gasteiger partial charge in [0, 0.05) is 13.0 Å². The van der Waals surface area contributed by atoms with Crippen molar-refractivity contribution in [1.82, 2.24) is 14.9 Å². The molecule has 8 heteroatoms. The van der Waals surface area contributed by atoms with Crippen LogP contribution in [0.15, 0.2) is 29.3 Å². The summed E-state index contributed by atoms with van der Waals surface area (Å²) in [6.45, 7) is -0.0547. The van der Waals surface area contributed by atoms with Crippen LogP contribution in [-0.2, 0) is 16.1 Å². The van der Waals surface area contributed by atoms with Crippen molar-refractivity contribution in [2.45, 2.75) is 19.4 Å². The molecule has 7 nitrogen and oxygen atoms in total. The molecule has 1 aromatic carbocycles. The van der Waals surface area contributed by atoms with E-state index in [4.69, 9.17) is 5.11 Å². The Hall–Kier alpha value is -2.77. The number of carbonyl (C=O) groups is 2. The van der Waals surface area contributed by atoms with E-state index in [1.165, 1.54) is 18.5 Å². The summed E-state index contributed by atoms with van der Waals surface area (Å²) in [4.78, 5) is 38.2. The van der Waals surface area contributed by atoms with Crippen molar-refractivity contribution in [3.05, 3.63) is 40.7 Å². The maximum atomic E-state index is 13.2. The lowest BCUT2D eigenvalue weighted by molar-refractivity contribution is -0.137. The minimum Gasteiger partial charge on any atom is -0.481 e. The first kappa shape index (κ1) is 15.6. The molecule has 0 aliphatic heterocycles. The lowest BCUT2D eigenvalue weighted by Gasteiger charge is -2.07. The van der Waals surface area contributed by atoms with Gasteiger partial charge < -0.3 is 10.4 Å². The van der Waals surface area contributed by atoms with Gasteiger partial charge in [-0.3, -0.25) is 19.0 Å². The molecule has 0 saturated carbocycles. The zero-order valence-corrected chi connectivity index (χ0v) is 11.6. The molecule has 0 spiro atoms. The summed E-state index contributed by atoms with van der Waals surface area (Å²) in [6, 6.07) is 3.67. The number of benzene rings is 1. The second kappa shape index (κ2) is 6.79. The number of carboxylic acid groups (broad SMARTS) is 1. The Morgan fingerprint density at radius 2 is 2.14 bits per heavy atom. The number of rotatable bonds is 6. The highest BCUT2D eigenvalue weighted by atomic mass is 19.1. The van der Waals surface area contributed by atoms with Gasteiger partial charge in [0.25, 0.3) is 5.56 Å². The molecule has 0 saturated heterocycles. The fourth-order valence-corrected chi connectivity index (χ4v) is 1.92. The standard InChI is InChI=1S/C14H14FN3O4/c15-9-3-4-11-10(6-9)14(22)18(8-17-11)7-12(19)16-5-1-2-13(20)21/h3-4,6,8H,1-2,5,7H2,(H,16,19)(H,20,21). The number of aliphatic carboxylic acids is 1. The average Bonchev–Trinajstić information content (AvgIpc) is 2.47. The van der Waals surface area contributed by atoms with E-state index in [1.54, 1.807) is 0 Å². The van der Waals surface area contributed by atoms with Crippen molar-refractivity contribution in [2.24, 2.45) is 0 Å². The minimum absolute atomic E-state index is 0.0446. The Kier molecular flexibility index (Phi) is 4.82. The molecule has 1 aromatic heterocycles. The van der Waals surface area contributed by atoms with E-state index in [0.717, 1.165) is 10.6 Å². The van der Waals surface area contributed by atoms with E-state index in [1.807, 2.05) is 0 Å². The fourth-order valence-electron chi connectivity index (χ4n) is 1.92. The number of nitrogens with zero attached hydrogens (tertiary/aromatic N) is 2. The monoisotopic (exact) mass is 307 g/mol. The molecule has 0 radical (unpaired) electrons. The van der Waals surface area contributed by atoms with Gasteiger partial charge in [0.2, 0.25) is 5.91 Å². The number of aromatic nitrogens is 2. The zero-order chi connectivity index (χ0) is 16.1. The van der Waals surface area contributed by atoms with Gasteiger partial charge in [-0.15, -0.1) is 0 Å². The third-order valence-electron chi connectivity index (χ3n) is 2.99. The van der Waals surface area contributed by atoms with Crippen LogP contribution >= 0.6 is 0 Å². The minimum atomic E-state index is -0.939. The molecule has 0 unspecified atom stereocenters. The molecule has 2 rings (SSSR count). The lowest BCUT2D eigenvalue weighted by Crippen LogP contribution is -2.33. The van der Waals surface area contributed by atoms with Gasteiger partial charge in [0.05, 0.1) is 17.2 Å². The van der Waals surface area contributed by atoms with E-state index in [9.17, 15) is 18.8 Å². The van der Waals surface area contributed by atoms with Crippen LogP contribution in [0.3, 0.4) is 0 Å². The largest absolute Gasteiger partial charge is 0.481 e. The molecule has 0 atom stereocenters. The maximum Gasteiger partial charge on any atom is 0.303 e. The molecule has 2 aromatic rings. The molecule has 1 heterocycles. The van der Waals surface area contributed by atoms with Crippen LogP contribution < -0.4 is 10.9 Å². The van der Waals surface area contributed by atoms with Crippen LogP contribution in [-0.4, -0.2) is 33.1 Å². The second-order valence-corrected chi connectivity index (χ2v) is 4.69. The number of hydrogen-bond donors (Lipinski definition) is 2. The Morgan fingerprint density at radius 3 is 2.86 bits per heavy atom. The van der Waals surface area contributed by atoms with Crippen molar-refractivity contribution in [3.63, 3.8) is 0 Å². The molecule has 2 N–H and O–H groups in total. The molecule has 22 heavy (non-hydrogen) atoms. The average molecular weight is 307 g/mol. The normalized spacial score (nSPS) is 10.6. The summed E-state index contributed by atoms with van der Waals surface area (Å²) in [5, 5.41) is 11.1. The molecular formula is C14H14FN3O4. The first-order valence-electron chi connectivity index (χ1n) is 6.60. The number of halogens is 1. The summed E-state index contributed by atoms with van der Waals surface area (Å²) in [7, 11) is 0. The number of fused-ring (bicyclic) bond motifs is 1.